The smallest absolute Gasteiger partial charge is 0.277 e. The molecule has 302 valence electrons. The van der Waals surface area contributed by atoms with E-state index in [-0.39, 0.29) is 33.3 Å². The molecule has 17 nitrogen and oxygen atoms in total. The van der Waals surface area contributed by atoms with E-state index in [0.29, 0.717) is 22.5 Å². The molecule has 0 bridgehead atoms. The average Bonchev–Trinajstić information content (AvgIpc) is 3.18. The molecule has 0 aliphatic heterocycles. The van der Waals surface area contributed by atoms with Crippen LogP contribution in [0.5, 0.6) is 0 Å². The van der Waals surface area contributed by atoms with Crippen molar-refractivity contribution in [3.63, 3.8) is 0 Å². The Labute approximate surface area is 342 Å². The van der Waals surface area contributed by atoms with Crippen LogP contribution in [-0.2, 0) is 10.8 Å². The first-order valence-corrected chi connectivity index (χ1v) is 17.9. The lowest BCUT2D eigenvalue weighted by Gasteiger charge is -2.20. The van der Waals surface area contributed by atoms with Crippen LogP contribution < -0.4 is 10.6 Å². The molecule has 0 unspecified atom stereocenters. The molecule has 2 amide bonds. The minimum atomic E-state index is -0.832. The van der Waals surface area contributed by atoms with Crippen LogP contribution in [-0.4, -0.2) is 36.5 Å². The first kappa shape index (κ1) is 42.8. The SMILES string of the molecule is CC(C)(C)c1ccc(NC(=O)c2cc([N+](=O)[O-])cc([N+](=O)[O-])c2)c(C#Cc2cccc(C#Cc3cc(C(C)(C)C)ccc3NC(=O)c3cc([N+](=O)[O-])cc([N+](=O)[O-])c3)n2)c1. The maximum absolute atomic E-state index is 13.3. The van der Waals surface area contributed by atoms with Gasteiger partial charge in [0, 0.05) is 35.4 Å². The number of pyridine rings is 1. The van der Waals surface area contributed by atoms with Gasteiger partial charge in [-0.15, -0.1) is 0 Å². The monoisotopic (exact) mass is 809 g/mol. The van der Waals surface area contributed by atoms with Crippen molar-refractivity contribution in [3.05, 3.63) is 176 Å². The Balaban J connectivity index is 1.50. The number of anilines is 2. The molecular formula is C43H35N7O10. The highest BCUT2D eigenvalue weighted by Crippen LogP contribution is 2.30. The van der Waals surface area contributed by atoms with Gasteiger partial charge in [-0.25, -0.2) is 4.98 Å². The molecule has 17 heteroatoms. The normalized spacial score (nSPS) is 10.9. The van der Waals surface area contributed by atoms with Gasteiger partial charge in [0.25, 0.3) is 34.6 Å². The first-order valence-electron chi connectivity index (χ1n) is 17.9. The minimum absolute atomic E-state index is 0.235. The number of carbonyl (C=O) groups is 2. The number of amides is 2. The van der Waals surface area contributed by atoms with Crippen molar-refractivity contribution < 1.29 is 29.3 Å². The largest absolute Gasteiger partial charge is 0.321 e. The van der Waals surface area contributed by atoms with Crippen LogP contribution in [0.1, 0.15) is 95.9 Å². The molecule has 0 spiro atoms. The predicted octanol–water partition coefficient (Wildman–Crippen LogP) is 8.61. The second-order valence-electron chi connectivity index (χ2n) is 15.3. The Morgan fingerprint density at radius 1 is 0.500 bits per heavy atom. The summed E-state index contributed by atoms with van der Waals surface area (Å²) >= 11 is 0. The van der Waals surface area contributed by atoms with Crippen molar-refractivity contribution in [2.24, 2.45) is 0 Å². The summed E-state index contributed by atoms with van der Waals surface area (Å²) in [5.41, 5.74) is -0.227. The predicted molar refractivity (Wildman–Crippen MR) is 222 cm³/mol. The van der Waals surface area contributed by atoms with E-state index in [2.05, 4.69) is 39.3 Å². The van der Waals surface area contributed by atoms with Crippen molar-refractivity contribution in [1.29, 1.82) is 0 Å². The summed E-state index contributed by atoms with van der Waals surface area (Å²) < 4.78 is 0. The molecule has 60 heavy (non-hydrogen) atoms. The Morgan fingerprint density at radius 3 is 1.13 bits per heavy atom. The quantitative estimate of drug-likeness (QED) is 0.0853. The second-order valence-corrected chi connectivity index (χ2v) is 15.3. The number of hydrogen-bond donors (Lipinski definition) is 2. The molecule has 1 aromatic heterocycles. The zero-order valence-electron chi connectivity index (χ0n) is 33.0. The van der Waals surface area contributed by atoms with Crippen molar-refractivity contribution in [1.82, 2.24) is 4.98 Å². The molecular weight excluding hydrogens is 775 g/mol. The van der Waals surface area contributed by atoms with Crippen LogP contribution in [0.3, 0.4) is 0 Å². The molecule has 5 rings (SSSR count). The Morgan fingerprint density at radius 2 is 0.833 bits per heavy atom. The summed E-state index contributed by atoms with van der Waals surface area (Å²) in [6.07, 6.45) is 0. The van der Waals surface area contributed by atoms with Gasteiger partial charge in [-0.2, -0.15) is 0 Å². The van der Waals surface area contributed by atoms with Gasteiger partial charge in [-0.3, -0.25) is 50.0 Å². The van der Waals surface area contributed by atoms with Crippen LogP contribution in [0.4, 0.5) is 34.1 Å². The number of benzene rings is 4. The van der Waals surface area contributed by atoms with Crippen LogP contribution >= 0.6 is 0 Å². The van der Waals surface area contributed by atoms with Gasteiger partial charge in [0.1, 0.15) is 11.4 Å². The van der Waals surface area contributed by atoms with E-state index in [1.807, 2.05) is 41.5 Å². The summed E-state index contributed by atoms with van der Waals surface area (Å²) in [5, 5.41) is 51.0. The first-order chi connectivity index (χ1) is 28.1. The number of nitro benzene ring substituents is 4. The lowest BCUT2D eigenvalue weighted by Crippen LogP contribution is -2.15. The van der Waals surface area contributed by atoms with Gasteiger partial charge >= 0.3 is 0 Å². The topological polar surface area (TPSA) is 244 Å². The van der Waals surface area contributed by atoms with Gasteiger partial charge in [-0.05, 0) is 70.2 Å². The molecule has 0 radical (unpaired) electrons. The van der Waals surface area contributed by atoms with Crippen molar-refractivity contribution >= 4 is 45.9 Å². The third-order valence-electron chi connectivity index (χ3n) is 8.84. The maximum Gasteiger partial charge on any atom is 0.277 e. The Kier molecular flexibility index (Phi) is 12.2. The van der Waals surface area contributed by atoms with Crippen LogP contribution in [0, 0.1) is 64.1 Å². The summed E-state index contributed by atoms with van der Waals surface area (Å²) in [7, 11) is 0. The number of nitro groups is 4. The highest BCUT2D eigenvalue weighted by Gasteiger charge is 2.23. The summed E-state index contributed by atoms with van der Waals surface area (Å²) in [4.78, 5) is 73.6. The van der Waals surface area contributed by atoms with Gasteiger partial charge < -0.3 is 10.6 Å². The molecule has 5 aromatic rings. The van der Waals surface area contributed by atoms with Crippen molar-refractivity contribution in [2.75, 3.05) is 10.6 Å². The van der Waals surface area contributed by atoms with E-state index < -0.39 is 54.3 Å². The van der Waals surface area contributed by atoms with Gasteiger partial charge in [0.05, 0.1) is 54.3 Å². The van der Waals surface area contributed by atoms with Crippen molar-refractivity contribution in [2.45, 2.75) is 52.4 Å². The number of hydrogen-bond acceptors (Lipinski definition) is 11. The molecule has 1 heterocycles. The van der Waals surface area contributed by atoms with E-state index in [4.69, 9.17) is 0 Å². The third kappa shape index (κ3) is 10.5. The Hall–Kier alpha value is -8.31. The van der Waals surface area contributed by atoms with Crippen LogP contribution in [0.25, 0.3) is 0 Å². The number of nitrogens with one attached hydrogen (secondary N) is 2. The summed E-state index contributed by atoms with van der Waals surface area (Å²) in [6, 6.07) is 20.6. The van der Waals surface area contributed by atoms with Crippen LogP contribution in [0.15, 0.2) is 91.0 Å². The third-order valence-corrected chi connectivity index (χ3v) is 8.84. The lowest BCUT2D eigenvalue weighted by atomic mass is 9.86. The number of aromatic nitrogens is 1. The highest BCUT2D eigenvalue weighted by atomic mass is 16.6. The Bertz CT molecular complexity index is 2510. The van der Waals surface area contributed by atoms with E-state index in [0.717, 1.165) is 47.5 Å². The highest BCUT2D eigenvalue weighted by molar-refractivity contribution is 6.06. The number of non-ortho nitro benzene ring substituents is 4. The fourth-order valence-corrected chi connectivity index (χ4v) is 5.55. The van der Waals surface area contributed by atoms with Gasteiger partial charge in [-0.1, -0.05) is 71.6 Å². The van der Waals surface area contributed by atoms with E-state index in [1.165, 1.54) is 0 Å². The number of rotatable bonds is 8. The molecule has 0 fully saturated rings. The van der Waals surface area contributed by atoms with Crippen molar-refractivity contribution in [3.8, 4) is 23.7 Å². The molecule has 0 saturated carbocycles. The molecule has 0 aliphatic carbocycles. The standard InChI is InChI=1S/C43H35N7O10/c1-42(2,3)30-12-16-38(45-40(51)28-20-34(47(53)54)24-35(21-28)48(55)56)26(18-30)10-14-32-8-7-9-33(44-32)15-11-27-19-31(43(4,5)6)13-17-39(27)46-41(52)29-22-36(49(57)58)25-37(23-29)50(59)60/h7-9,12-13,16-25H,1-6H3,(H,45,51)(H,46,52). The maximum atomic E-state index is 13.3. The lowest BCUT2D eigenvalue weighted by molar-refractivity contribution is -0.394. The molecule has 2 N–H and O–H groups in total. The molecule has 0 saturated heterocycles. The number of nitrogens with zero attached hydrogens (tertiary/aromatic N) is 5. The van der Waals surface area contributed by atoms with Gasteiger partial charge in [0.15, 0.2) is 0 Å². The fraction of sp³-hybridized carbons (Fsp3) is 0.186. The van der Waals surface area contributed by atoms with E-state index in [9.17, 15) is 50.0 Å². The molecule has 4 aromatic carbocycles. The molecule has 0 aliphatic rings. The summed E-state index contributed by atoms with van der Waals surface area (Å²) in [6.45, 7) is 11.9. The fourth-order valence-electron chi connectivity index (χ4n) is 5.55. The zero-order chi connectivity index (χ0) is 44.1. The summed E-state index contributed by atoms with van der Waals surface area (Å²) in [5.74, 6) is 10.3. The average molecular weight is 810 g/mol. The van der Waals surface area contributed by atoms with Gasteiger partial charge in [0.2, 0.25) is 0 Å². The zero-order valence-corrected chi connectivity index (χ0v) is 33.0. The van der Waals surface area contributed by atoms with Crippen LogP contribution in [0.2, 0.25) is 0 Å². The minimum Gasteiger partial charge on any atom is -0.321 e. The van der Waals surface area contributed by atoms with E-state index >= 15 is 0 Å². The van der Waals surface area contributed by atoms with E-state index in [1.54, 1.807) is 54.6 Å². The number of carbonyl (C=O) groups excluding carboxylic acids is 2. The second kappa shape index (κ2) is 17.0. The molecule has 0 atom stereocenters.